The summed E-state index contributed by atoms with van der Waals surface area (Å²) in [5.74, 6) is -4.15. The zero-order valence-corrected chi connectivity index (χ0v) is 19.6. The number of para-hydroxylation sites is 1. The van der Waals surface area contributed by atoms with E-state index >= 15 is 0 Å². The molecule has 11 heteroatoms. The number of hydrogen-bond acceptors (Lipinski definition) is 5. The van der Waals surface area contributed by atoms with E-state index in [0.29, 0.717) is 5.52 Å². The molecule has 1 N–H and O–H groups in total. The number of anilines is 1. The number of H-pyrrole nitrogens is 1. The minimum Gasteiger partial charge on any atom is -0.462 e. The highest BCUT2D eigenvalue weighted by Gasteiger charge is 2.38. The highest BCUT2D eigenvalue weighted by Crippen LogP contribution is 2.39. The van der Waals surface area contributed by atoms with Gasteiger partial charge in [0.1, 0.15) is 17.1 Å². The Balaban J connectivity index is 2.03. The minimum atomic E-state index is -4.80. The van der Waals surface area contributed by atoms with Crippen LogP contribution in [0.4, 0.5) is 27.8 Å². The van der Waals surface area contributed by atoms with Crippen molar-refractivity contribution in [2.24, 2.45) is 0 Å². The van der Waals surface area contributed by atoms with E-state index in [1.165, 1.54) is 24.0 Å². The molecule has 0 amide bonds. The first-order valence-corrected chi connectivity index (χ1v) is 11.5. The normalized spacial score (nSPS) is 16.1. The summed E-state index contributed by atoms with van der Waals surface area (Å²) in [7, 11) is 0. The van der Waals surface area contributed by atoms with E-state index < -0.39 is 47.6 Å². The van der Waals surface area contributed by atoms with Gasteiger partial charge in [-0.15, -0.1) is 0 Å². The average Bonchev–Trinajstić information content (AvgIpc) is 2.98. The Kier molecular flexibility index (Phi) is 6.76. The molecular weight excluding hydrogens is 485 g/mol. The van der Waals surface area contributed by atoms with Crippen LogP contribution in [-0.2, 0) is 10.9 Å². The van der Waals surface area contributed by atoms with Gasteiger partial charge in [-0.05, 0) is 44.0 Å². The summed E-state index contributed by atoms with van der Waals surface area (Å²) in [4.78, 5) is 34.4. The third-order valence-electron chi connectivity index (χ3n) is 6.14. The highest BCUT2D eigenvalue weighted by molar-refractivity contribution is 6.01. The summed E-state index contributed by atoms with van der Waals surface area (Å²) in [6.07, 6.45) is -5.74. The number of aryl methyl sites for hydroxylation is 1. The summed E-state index contributed by atoms with van der Waals surface area (Å²) < 4.78 is 74.5. The van der Waals surface area contributed by atoms with Crippen LogP contribution in [0.15, 0.2) is 35.1 Å². The molecule has 36 heavy (non-hydrogen) atoms. The molecule has 0 bridgehead atoms. The molecular formula is C25H24F5N3O3. The van der Waals surface area contributed by atoms with E-state index in [-0.39, 0.29) is 54.1 Å². The Morgan fingerprint density at radius 1 is 1.19 bits per heavy atom. The number of carbonyl (C=O) groups is 1. The van der Waals surface area contributed by atoms with Crippen LogP contribution < -0.4 is 10.3 Å². The van der Waals surface area contributed by atoms with Gasteiger partial charge in [-0.3, -0.25) is 4.79 Å². The molecule has 0 aliphatic carbocycles. The number of nitrogens with one attached hydrogen (secondary N) is 1. The van der Waals surface area contributed by atoms with Crippen LogP contribution in [0.3, 0.4) is 0 Å². The maximum absolute atomic E-state index is 14.1. The van der Waals surface area contributed by atoms with Crippen LogP contribution in [0, 0.1) is 6.92 Å². The molecule has 1 aromatic carbocycles. The van der Waals surface area contributed by atoms with Crippen LogP contribution in [0.5, 0.6) is 0 Å². The van der Waals surface area contributed by atoms with E-state index in [0.717, 1.165) is 0 Å². The lowest BCUT2D eigenvalue weighted by Crippen LogP contribution is -2.29. The van der Waals surface area contributed by atoms with Gasteiger partial charge in [0.05, 0.1) is 12.3 Å². The van der Waals surface area contributed by atoms with Crippen LogP contribution in [0.2, 0.25) is 0 Å². The Morgan fingerprint density at radius 3 is 2.61 bits per heavy atom. The fourth-order valence-corrected chi connectivity index (χ4v) is 4.43. The van der Waals surface area contributed by atoms with E-state index in [2.05, 4.69) is 9.97 Å². The Hall–Kier alpha value is -3.50. The molecule has 0 spiro atoms. The first-order valence-electron chi connectivity index (χ1n) is 11.5. The summed E-state index contributed by atoms with van der Waals surface area (Å²) in [6, 6.07) is 7.54. The largest absolute Gasteiger partial charge is 0.462 e. The maximum Gasteiger partial charge on any atom is 0.433 e. The zero-order chi connectivity index (χ0) is 26.3. The van der Waals surface area contributed by atoms with Crippen molar-refractivity contribution in [3.05, 3.63) is 57.4 Å². The van der Waals surface area contributed by atoms with Gasteiger partial charge in [-0.1, -0.05) is 12.1 Å². The van der Waals surface area contributed by atoms with Crippen molar-refractivity contribution < 1.29 is 31.5 Å². The number of alkyl halides is 5. The molecule has 1 aliphatic heterocycles. The van der Waals surface area contributed by atoms with Crippen molar-refractivity contribution in [3.8, 4) is 11.3 Å². The molecule has 3 heterocycles. The van der Waals surface area contributed by atoms with Crippen LogP contribution >= 0.6 is 0 Å². The predicted molar refractivity (Wildman–Crippen MR) is 125 cm³/mol. The van der Waals surface area contributed by atoms with Crippen molar-refractivity contribution in [1.29, 1.82) is 0 Å². The number of halogens is 5. The van der Waals surface area contributed by atoms with E-state index in [4.69, 9.17) is 4.74 Å². The molecule has 192 valence electrons. The molecule has 1 fully saturated rings. The van der Waals surface area contributed by atoms with E-state index in [1.54, 1.807) is 25.1 Å². The number of esters is 1. The second-order valence-corrected chi connectivity index (χ2v) is 8.69. The number of hydrogen-bond donors (Lipinski definition) is 1. The molecule has 6 nitrogen and oxygen atoms in total. The van der Waals surface area contributed by atoms with Crippen molar-refractivity contribution in [2.45, 2.75) is 45.2 Å². The topological polar surface area (TPSA) is 75.3 Å². The number of aromatic nitrogens is 2. The Morgan fingerprint density at radius 2 is 1.92 bits per heavy atom. The first kappa shape index (κ1) is 25.6. The third kappa shape index (κ3) is 4.91. The number of benzene rings is 1. The molecule has 3 aromatic rings. The molecule has 2 aromatic heterocycles. The minimum absolute atomic E-state index is 0.0247. The zero-order valence-electron chi connectivity index (χ0n) is 19.6. The molecule has 0 radical (unpaired) electrons. The summed E-state index contributed by atoms with van der Waals surface area (Å²) in [6.45, 7) is 2.51. The number of rotatable bonds is 4. The molecule has 0 unspecified atom stereocenters. The number of carbonyl (C=O) groups excluding carboxylic acids is 1. The number of nitrogens with zero attached hydrogens (tertiary/aromatic N) is 2. The highest BCUT2D eigenvalue weighted by atomic mass is 19.4. The SMILES string of the molecule is CCOC(=O)c1c(-c2cc(C)c(C(F)(F)F)nc2N2CCCC(F)(F)CC2)[nH]c2ccccc2c1=O. The smallest absolute Gasteiger partial charge is 0.433 e. The Labute approximate surface area is 203 Å². The van der Waals surface area contributed by atoms with Crippen LogP contribution in [-0.4, -0.2) is 41.6 Å². The number of fused-ring (bicyclic) bond motifs is 1. The van der Waals surface area contributed by atoms with Crippen LogP contribution in [0.25, 0.3) is 22.2 Å². The van der Waals surface area contributed by atoms with Crippen molar-refractivity contribution in [3.63, 3.8) is 0 Å². The standard InChI is InChI=1S/C25H24F5N3O3/c1-3-36-23(35)18-19(31-17-8-5-4-7-15(17)20(18)34)16-13-14(2)21(25(28,29)30)32-22(16)33-11-6-9-24(26,27)10-12-33/h4-5,7-8,13H,3,6,9-12H2,1-2H3,(H,31,34). The lowest BCUT2D eigenvalue weighted by Gasteiger charge is -2.26. The fraction of sp³-hybridized carbons (Fsp3) is 0.400. The quantitative estimate of drug-likeness (QED) is 0.360. The molecule has 0 atom stereocenters. The van der Waals surface area contributed by atoms with Crippen LogP contribution in [0.1, 0.15) is 47.8 Å². The van der Waals surface area contributed by atoms with Gasteiger partial charge in [0.25, 0.3) is 0 Å². The van der Waals surface area contributed by atoms with Gasteiger partial charge in [-0.2, -0.15) is 13.2 Å². The van der Waals surface area contributed by atoms with Crippen molar-refractivity contribution in [1.82, 2.24) is 9.97 Å². The molecule has 0 saturated carbocycles. The molecule has 4 rings (SSSR count). The van der Waals surface area contributed by atoms with Gasteiger partial charge < -0.3 is 14.6 Å². The first-order chi connectivity index (χ1) is 16.9. The van der Waals surface area contributed by atoms with Gasteiger partial charge in [0, 0.05) is 42.4 Å². The summed E-state index contributed by atoms with van der Waals surface area (Å²) in [5.41, 5.74) is -2.18. The number of pyridine rings is 2. The van der Waals surface area contributed by atoms with Gasteiger partial charge in [0.15, 0.2) is 0 Å². The van der Waals surface area contributed by atoms with Gasteiger partial charge in [-0.25, -0.2) is 18.6 Å². The second-order valence-electron chi connectivity index (χ2n) is 8.69. The van der Waals surface area contributed by atoms with Gasteiger partial charge >= 0.3 is 12.1 Å². The lowest BCUT2D eigenvalue weighted by atomic mass is 10.00. The van der Waals surface area contributed by atoms with E-state index in [9.17, 15) is 31.5 Å². The second kappa shape index (κ2) is 9.51. The molecule has 1 saturated heterocycles. The monoisotopic (exact) mass is 509 g/mol. The van der Waals surface area contributed by atoms with E-state index in [1.807, 2.05) is 0 Å². The average molecular weight is 509 g/mol. The van der Waals surface area contributed by atoms with Crippen molar-refractivity contribution in [2.75, 3.05) is 24.6 Å². The lowest BCUT2D eigenvalue weighted by molar-refractivity contribution is -0.141. The van der Waals surface area contributed by atoms with Gasteiger partial charge in [0.2, 0.25) is 11.4 Å². The Bertz CT molecular complexity index is 1370. The number of ether oxygens (including phenoxy) is 1. The number of aromatic amines is 1. The predicted octanol–water partition coefficient (Wildman–Crippen LogP) is 5.72. The molecule has 1 aliphatic rings. The summed E-state index contributed by atoms with van der Waals surface area (Å²) in [5, 5.41) is 0.192. The maximum atomic E-state index is 14.1. The summed E-state index contributed by atoms with van der Waals surface area (Å²) >= 11 is 0. The third-order valence-corrected chi connectivity index (χ3v) is 6.14. The fourth-order valence-electron chi connectivity index (χ4n) is 4.43. The van der Waals surface area contributed by atoms with Crippen molar-refractivity contribution >= 4 is 22.7 Å².